The van der Waals surface area contributed by atoms with E-state index in [1.165, 1.54) is 5.56 Å². The molecule has 0 bridgehead atoms. The summed E-state index contributed by atoms with van der Waals surface area (Å²) in [6.07, 6.45) is 1.07. The fraction of sp³-hybridized carbons (Fsp3) is 0.467. The van der Waals surface area contributed by atoms with Crippen LogP contribution in [0.1, 0.15) is 37.5 Å². The van der Waals surface area contributed by atoms with Crippen molar-refractivity contribution in [3.63, 3.8) is 0 Å². The molecule has 1 atom stereocenters. The van der Waals surface area contributed by atoms with Crippen molar-refractivity contribution in [2.45, 2.75) is 32.6 Å². The number of benzene rings is 1. The van der Waals surface area contributed by atoms with Gasteiger partial charge in [-0.15, -0.1) is 0 Å². The predicted molar refractivity (Wildman–Crippen MR) is 73.3 cm³/mol. The number of ether oxygens (including phenoxy) is 1. The van der Waals surface area contributed by atoms with Crippen molar-refractivity contribution < 1.29 is 4.74 Å². The predicted octanol–water partition coefficient (Wildman–Crippen LogP) is 2.84. The van der Waals surface area contributed by atoms with E-state index in [1.54, 1.807) is 7.11 Å². The minimum Gasteiger partial charge on any atom is -0.497 e. The largest absolute Gasteiger partial charge is 0.497 e. The number of aryl methyl sites for hydroxylation is 1. The van der Waals surface area contributed by atoms with Crippen LogP contribution in [0.2, 0.25) is 0 Å². The Morgan fingerprint density at radius 1 is 1.21 bits per heavy atom. The number of aromatic amines is 1. The fourth-order valence-corrected chi connectivity index (χ4v) is 3.03. The van der Waals surface area contributed by atoms with E-state index in [2.05, 4.69) is 41.2 Å². The average Bonchev–Trinajstić information content (AvgIpc) is 2.75. The van der Waals surface area contributed by atoms with Crippen LogP contribution >= 0.6 is 0 Å². The Balaban J connectivity index is 2.07. The fourth-order valence-electron chi connectivity index (χ4n) is 3.03. The van der Waals surface area contributed by atoms with Gasteiger partial charge in [0.1, 0.15) is 11.6 Å². The summed E-state index contributed by atoms with van der Waals surface area (Å²) in [5.74, 6) is 2.65. The highest BCUT2D eigenvalue weighted by atomic mass is 16.5. The number of rotatable bonds is 3. The Morgan fingerprint density at radius 3 is 2.26 bits per heavy atom. The van der Waals surface area contributed by atoms with Crippen molar-refractivity contribution in [2.75, 3.05) is 7.11 Å². The quantitative estimate of drug-likeness (QED) is 0.919. The number of aromatic nitrogens is 3. The number of hydrogen-bond acceptors (Lipinski definition) is 3. The molecule has 0 radical (unpaired) electrons. The topological polar surface area (TPSA) is 50.8 Å². The lowest BCUT2D eigenvalue weighted by Gasteiger charge is -2.18. The molecule has 1 N–H and O–H groups in total. The third-order valence-corrected chi connectivity index (χ3v) is 4.30. The summed E-state index contributed by atoms with van der Waals surface area (Å²) in [7, 11) is 1.68. The molecule has 0 amide bonds. The van der Waals surface area contributed by atoms with Gasteiger partial charge in [0.2, 0.25) is 0 Å². The first-order valence-corrected chi connectivity index (χ1v) is 6.54. The van der Waals surface area contributed by atoms with Crippen molar-refractivity contribution in [3.05, 3.63) is 41.5 Å². The summed E-state index contributed by atoms with van der Waals surface area (Å²) in [6.45, 7) is 6.47. The number of H-pyrrole nitrogens is 1. The molecule has 1 fully saturated rings. The van der Waals surface area contributed by atoms with Crippen molar-refractivity contribution in [1.82, 2.24) is 15.2 Å². The molecule has 100 valence electrons. The summed E-state index contributed by atoms with van der Waals surface area (Å²) in [6, 6.07) is 8.26. The molecular weight excluding hydrogens is 238 g/mol. The molecule has 0 aliphatic heterocycles. The SMILES string of the molecule is COc1ccc(C2(c3n[nH]c(C)n3)CC2(C)C)cc1. The highest BCUT2D eigenvalue weighted by Gasteiger charge is 2.65. The third-order valence-electron chi connectivity index (χ3n) is 4.30. The maximum absolute atomic E-state index is 5.23. The standard InChI is InChI=1S/C15H19N3O/c1-10-16-13(18-17-10)15(9-14(15,2)3)11-5-7-12(19-4)8-6-11/h5-8H,9H2,1-4H3,(H,16,17,18). The average molecular weight is 257 g/mol. The molecule has 1 unspecified atom stereocenters. The van der Waals surface area contributed by atoms with Gasteiger partial charge in [0.05, 0.1) is 12.5 Å². The van der Waals surface area contributed by atoms with Crippen molar-refractivity contribution in [1.29, 1.82) is 0 Å². The molecule has 1 heterocycles. The maximum atomic E-state index is 5.23. The van der Waals surface area contributed by atoms with Crippen molar-refractivity contribution in [2.24, 2.45) is 5.41 Å². The molecule has 1 aliphatic carbocycles. The number of hydrogen-bond donors (Lipinski definition) is 1. The van der Waals surface area contributed by atoms with E-state index in [0.29, 0.717) is 0 Å². The van der Waals surface area contributed by atoms with Gasteiger partial charge in [-0.1, -0.05) is 26.0 Å². The highest BCUT2D eigenvalue weighted by molar-refractivity contribution is 5.46. The van der Waals surface area contributed by atoms with E-state index in [0.717, 1.165) is 23.8 Å². The zero-order valence-corrected chi connectivity index (χ0v) is 11.8. The lowest BCUT2D eigenvalue weighted by Crippen LogP contribution is -2.18. The molecule has 4 nitrogen and oxygen atoms in total. The molecule has 1 aromatic carbocycles. The van der Waals surface area contributed by atoms with Crippen LogP contribution < -0.4 is 4.74 Å². The van der Waals surface area contributed by atoms with Gasteiger partial charge >= 0.3 is 0 Å². The van der Waals surface area contributed by atoms with Crippen LogP contribution in [0.3, 0.4) is 0 Å². The van der Waals surface area contributed by atoms with Crippen LogP contribution in [0.4, 0.5) is 0 Å². The van der Waals surface area contributed by atoms with Crippen molar-refractivity contribution in [3.8, 4) is 5.75 Å². The van der Waals surface area contributed by atoms with Gasteiger partial charge in [-0.25, -0.2) is 4.98 Å². The van der Waals surface area contributed by atoms with Gasteiger partial charge in [0.15, 0.2) is 5.82 Å². The second kappa shape index (κ2) is 3.83. The van der Waals surface area contributed by atoms with E-state index in [4.69, 9.17) is 4.74 Å². The van der Waals surface area contributed by atoms with Crippen LogP contribution in [0.15, 0.2) is 24.3 Å². The minimum atomic E-state index is -0.0654. The van der Waals surface area contributed by atoms with Crippen LogP contribution in [0.5, 0.6) is 5.75 Å². The Kier molecular flexibility index (Phi) is 2.46. The van der Waals surface area contributed by atoms with Gasteiger partial charge in [0, 0.05) is 0 Å². The molecular formula is C15H19N3O. The summed E-state index contributed by atoms with van der Waals surface area (Å²) in [4.78, 5) is 4.56. The molecule has 1 saturated carbocycles. The Labute approximate surface area is 113 Å². The third kappa shape index (κ3) is 1.66. The number of nitrogens with one attached hydrogen (secondary N) is 1. The van der Waals surface area contributed by atoms with Crippen LogP contribution in [-0.4, -0.2) is 22.3 Å². The molecule has 3 rings (SSSR count). The zero-order valence-electron chi connectivity index (χ0n) is 11.8. The Bertz CT molecular complexity index is 600. The summed E-state index contributed by atoms with van der Waals surface area (Å²) >= 11 is 0. The normalized spacial score (nSPS) is 24.2. The molecule has 0 saturated heterocycles. The molecule has 0 spiro atoms. The highest BCUT2D eigenvalue weighted by Crippen LogP contribution is 2.67. The zero-order chi connectivity index (χ0) is 13.7. The maximum Gasteiger partial charge on any atom is 0.161 e. The Morgan fingerprint density at radius 2 is 1.84 bits per heavy atom. The van der Waals surface area contributed by atoms with Crippen LogP contribution in [0.25, 0.3) is 0 Å². The van der Waals surface area contributed by atoms with E-state index in [1.807, 2.05) is 19.1 Å². The van der Waals surface area contributed by atoms with E-state index in [-0.39, 0.29) is 10.8 Å². The first kappa shape index (κ1) is 12.2. The summed E-state index contributed by atoms with van der Waals surface area (Å²) in [5, 5.41) is 7.36. The van der Waals surface area contributed by atoms with Gasteiger partial charge in [-0.3, -0.25) is 5.10 Å². The van der Waals surface area contributed by atoms with Crippen LogP contribution in [0, 0.1) is 12.3 Å². The van der Waals surface area contributed by atoms with Gasteiger partial charge < -0.3 is 4.74 Å². The molecule has 4 heteroatoms. The molecule has 19 heavy (non-hydrogen) atoms. The molecule has 1 aromatic heterocycles. The molecule has 2 aromatic rings. The lowest BCUT2D eigenvalue weighted by molar-refractivity contribution is 0.414. The van der Waals surface area contributed by atoms with Crippen molar-refractivity contribution >= 4 is 0 Å². The first-order chi connectivity index (χ1) is 8.99. The number of methoxy groups -OCH3 is 1. The van der Waals surface area contributed by atoms with Crippen LogP contribution in [-0.2, 0) is 5.41 Å². The summed E-state index contributed by atoms with van der Waals surface area (Å²) < 4.78 is 5.23. The van der Waals surface area contributed by atoms with E-state index < -0.39 is 0 Å². The van der Waals surface area contributed by atoms with Gasteiger partial charge in [-0.05, 0) is 36.5 Å². The molecule has 1 aliphatic rings. The summed E-state index contributed by atoms with van der Waals surface area (Å²) in [5.41, 5.74) is 1.39. The monoisotopic (exact) mass is 257 g/mol. The van der Waals surface area contributed by atoms with Gasteiger partial charge in [0.25, 0.3) is 0 Å². The second-order valence-electron chi connectivity index (χ2n) is 5.94. The Hall–Kier alpha value is -1.84. The van der Waals surface area contributed by atoms with E-state index in [9.17, 15) is 0 Å². The minimum absolute atomic E-state index is 0.0654. The lowest BCUT2D eigenvalue weighted by atomic mass is 9.87. The second-order valence-corrected chi connectivity index (χ2v) is 5.94. The first-order valence-electron chi connectivity index (χ1n) is 6.54. The van der Waals surface area contributed by atoms with Gasteiger partial charge in [-0.2, -0.15) is 5.10 Å². The van der Waals surface area contributed by atoms with E-state index >= 15 is 0 Å². The smallest absolute Gasteiger partial charge is 0.161 e. The number of nitrogens with zero attached hydrogens (tertiary/aromatic N) is 2.